The van der Waals surface area contributed by atoms with Crippen LogP contribution in [0.3, 0.4) is 0 Å². The van der Waals surface area contributed by atoms with E-state index in [1.165, 1.54) is 23.3 Å². The van der Waals surface area contributed by atoms with Gasteiger partial charge in [0.1, 0.15) is 5.75 Å². The van der Waals surface area contributed by atoms with Crippen molar-refractivity contribution in [1.29, 1.82) is 0 Å². The molecule has 1 unspecified atom stereocenters. The predicted octanol–water partition coefficient (Wildman–Crippen LogP) is 3.13. The van der Waals surface area contributed by atoms with Gasteiger partial charge in [0.05, 0.1) is 6.61 Å². The Bertz CT molecular complexity index is 918. The van der Waals surface area contributed by atoms with Crippen LogP contribution in [0.4, 0.5) is 14.5 Å². The van der Waals surface area contributed by atoms with Gasteiger partial charge >= 0.3 is 0 Å². The van der Waals surface area contributed by atoms with Crippen molar-refractivity contribution in [1.82, 2.24) is 10.6 Å². The minimum absolute atomic E-state index is 0.424. The summed E-state index contributed by atoms with van der Waals surface area (Å²) in [5, 5.41) is 6.76. The molecule has 2 aromatic rings. The van der Waals surface area contributed by atoms with Crippen molar-refractivity contribution < 1.29 is 13.5 Å². The standard InChI is InChI=1S/C23H28F2N4O/c1-26-23(27-9-6-16-2-5-22-18(12-16)8-11-30-22)28-14-17-7-10-29(15-17)19-3-4-20(24)21(25)13-19/h2-5,12-13,17H,6-11,14-15H2,1H3,(H2,26,27,28). The highest BCUT2D eigenvalue weighted by Crippen LogP contribution is 2.26. The molecule has 1 atom stereocenters. The van der Waals surface area contributed by atoms with E-state index in [4.69, 9.17) is 4.74 Å². The van der Waals surface area contributed by atoms with Gasteiger partial charge in [-0.3, -0.25) is 4.99 Å². The van der Waals surface area contributed by atoms with Gasteiger partial charge in [0.2, 0.25) is 0 Å². The van der Waals surface area contributed by atoms with Crippen LogP contribution in [0, 0.1) is 17.6 Å². The maximum absolute atomic E-state index is 13.5. The molecule has 0 bridgehead atoms. The van der Waals surface area contributed by atoms with E-state index in [0.717, 1.165) is 69.4 Å². The number of guanidine groups is 1. The molecule has 2 N–H and O–H groups in total. The van der Waals surface area contributed by atoms with Crippen LogP contribution in [-0.4, -0.2) is 45.8 Å². The Morgan fingerprint density at radius 3 is 2.90 bits per heavy atom. The summed E-state index contributed by atoms with van der Waals surface area (Å²) in [7, 11) is 1.77. The van der Waals surface area contributed by atoms with Crippen LogP contribution in [0.1, 0.15) is 17.5 Å². The first kappa shape index (κ1) is 20.4. The molecule has 2 heterocycles. The van der Waals surface area contributed by atoms with Crippen LogP contribution >= 0.6 is 0 Å². The van der Waals surface area contributed by atoms with Crippen LogP contribution in [0.2, 0.25) is 0 Å². The van der Waals surface area contributed by atoms with Crippen molar-refractivity contribution in [2.45, 2.75) is 19.3 Å². The van der Waals surface area contributed by atoms with Gasteiger partial charge in [0, 0.05) is 51.4 Å². The Morgan fingerprint density at radius 2 is 2.07 bits per heavy atom. The van der Waals surface area contributed by atoms with E-state index >= 15 is 0 Å². The zero-order valence-electron chi connectivity index (χ0n) is 17.3. The minimum Gasteiger partial charge on any atom is -0.493 e. The number of hydrogen-bond donors (Lipinski definition) is 2. The van der Waals surface area contributed by atoms with Gasteiger partial charge in [-0.2, -0.15) is 0 Å². The summed E-state index contributed by atoms with van der Waals surface area (Å²) in [4.78, 5) is 6.41. The van der Waals surface area contributed by atoms with Crippen molar-refractivity contribution >= 4 is 11.6 Å². The smallest absolute Gasteiger partial charge is 0.190 e. The molecule has 0 aromatic heterocycles. The topological polar surface area (TPSA) is 48.9 Å². The van der Waals surface area contributed by atoms with Gasteiger partial charge in [0.25, 0.3) is 0 Å². The van der Waals surface area contributed by atoms with Crippen molar-refractivity contribution in [3.8, 4) is 5.75 Å². The van der Waals surface area contributed by atoms with Crippen molar-refractivity contribution in [3.63, 3.8) is 0 Å². The Morgan fingerprint density at radius 1 is 1.17 bits per heavy atom. The first-order chi connectivity index (χ1) is 14.6. The highest BCUT2D eigenvalue weighted by atomic mass is 19.2. The summed E-state index contributed by atoms with van der Waals surface area (Å²) in [5.41, 5.74) is 3.32. The molecule has 4 rings (SSSR count). The third-order valence-electron chi connectivity index (χ3n) is 5.80. The fourth-order valence-corrected chi connectivity index (χ4v) is 4.10. The predicted molar refractivity (Wildman–Crippen MR) is 115 cm³/mol. The number of hydrogen-bond acceptors (Lipinski definition) is 3. The molecule has 2 aliphatic heterocycles. The van der Waals surface area contributed by atoms with Crippen molar-refractivity contribution in [2.75, 3.05) is 44.7 Å². The molecule has 30 heavy (non-hydrogen) atoms. The fraction of sp³-hybridized carbons (Fsp3) is 0.435. The molecule has 2 aliphatic rings. The highest BCUT2D eigenvalue weighted by molar-refractivity contribution is 5.79. The summed E-state index contributed by atoms with van der Waals surface area (Å²) in [6.45, 7) is 4.01. The number of anilines is 1. The Labute approximate surface area is 176 Å². The molecule has 1 saturated heterocycles. The van der Waals surface area contributed by atoms with E-state index in [1.54, 1.807) is 13.1 Å². The van der Waals surface area contributed by atoms with E-state index in [0.29, 0.717) is 5.92 Å². The number of nitrogens with zero attached hydrogens (tertiary/aromatic N) is 2. The van der Waals surface area contributed by atoms with Gasteiger partial charge in [0.15, 0.2) is 17.6 Å². The summed E-state index contributed by atoms with van der Waals surface area (Å²) in [5.74, 6) is 0.617. The fourth-order valence-electron chi connectivity index (χ4n) is 4.10. The van der Waals surface area contributed by atoms with Gasteiger partial charge in [-0.15, -0.1) is 0 Å². The second kappa shape index (κ2) is 9.32. The number of rotatable bonds is 6. The highest BCUT2D eigenvalue weighted by Gasteiger charge is 2.23. The van der Waals surface area contributed by atoms with Gasteiger partial charge in [-0.05, 0) is 48.1 Å². The average molecular weight is 415 g/mol. The Balaban J connectivity index is 1.20. The molecule has 2 aromatic carbocycles. The number of aliphatic imine (C=N–C) groups is 1. The second-order valence-electron chi connectivity index (χ2n) is 7.87. The summed E-state index contributed by atoms with van der Waals surface area (Å²) < 4.78 is 32.2. The SMILES string of the molecule is CN=C(NCCc1ccc2c(c1)CCO2)NCC1CCN(c2ccc(F)c(F)c2)C1. The normalized spacial score (nSPS) is 18.3. The lowest BCUT2D eigenvalue weighted by Gasteiger charge is -2.19. The van der Waals surface area contributed by atoms with E-state index in [2.05, 4.69) is 38.7 Å². The lowest BCUT2D eigenvalue weighted by molar-refractivity contribution is 0.357. The molecule has 1 fully saturated rings. The number of benzene rings is 2. The Hall–Kier alpha value is -2.83. The number of nitrogens with one attached hydrogen (secondary N) is 2. The summed E-state index contributed by atoms with van der Waals surface area (Å²) in [6.07, 6.45) is 2.91. The molecule has 5 nitrogen and oxygen atoms in total. The first-order valence-corrected chi connectivity index (χ1v) is 10.5. The van der Waals surface area contributed by atoms with Crippen LogP contribution in [0.5, 0.6) is 5.75 Å². The van der Waals surface area contributed by atoms with Gasteiger partial charge in [-0.1, -0.05) is 12.1 Å². The van der Waals surface area contributed by atoms with Crippen molar-refractivity contribution in [3.05, 3.63) is 59.2 Å². The van der Waals surface area contributed by atoms with E-state index in [1.807, 2.05) is 0 Å². The zero-order chi connectivity index (χ0) is 20.9. The largest absolute Gasteiger partial charge is 0.493 e. The minimum atomic E-state index is -0.806. The lowest BCUT2D eigenvalue weighted by Crippen LogP contribution is -2.41. The number of fused-ring (bicyclic) bond motifs is 1. The van der Waals surface area contributed by atoms with E-state index < -0.39 is 11.6 Å². The zero-order valence-corrected chi connectivity index (χ0v) is 17.3. The number of halogens is 2. The monoisotopic (exact) mass is 414 g/mol. The molecular weight excluding hydrogens is 386 g/mol. The third kappa shape index (κ3) is 4.83. The molecule has 0 aliphatic carbocycles. The van der Waals surface area contributed by atoms with E-state index in [-0.39, 0.29) is 0 Å². The van der Waals surface area contributed by atoms with Crippen LogP contribution in [0.25, 0.3) is 0 Å². The summed E-state index contributed by atoms with van der Waals surface area (Å²) >= 11 is 0. The molecular formula is C23H28F2N4O. The van der Waals surface area contributed by atoms with Gasteiger partial charge in [-0.25, -0.2) is 8.78 Å². The number of ether oxygens (including phenoxy) is 1. The van der Waals surface area contributed by atoms with Crippen LogP contribution < -0.4 is 20.3 Å². The second-order valence-corrected chi connectivity index (χ2v) is 7.87. The molecule has 0 spiro atoms. The summed E-state index contributed by atoms with van der Waals surface area (Å²) in [6, 6.07) is 10.5. The first-order valence-electron chi connectivity index (χ1n) is 10.5. The molecule has 7 heteroatoms. The average Bonchev–Trinajstić information content (AvgIpc) is 3.41. The maximum atomic E-state index is 13.5. The third-order valence-corrected chi connectivity index (χ3v) is 5.80. The molecule has 160 valence electrons. The van der Waals surface area contributed by atoms with Crippen LogP contribution in [-0.2, 0) is 12.8 Å². The lowest BCUT2D eigenvalue weighted by atomic mass is 10.1. The quantitative estimate of drug-likeness (QED) is 0.563. The molecule has 0 radical (unpaired) electrons. The molecule has 0 saturated carbocycles. The van der Waals surface area contributed by atoms with Crippen molar-refractivity contribution in [2.24, 2.45) is 10.9 Å². The van der Waals surface area contributed by atoms with Gasteiger partial charge < -0.3 is 20.3 Å². The Kier molecular flexibility index (Phi) is 6.35. The van der Waals surface area contributed by atoms with E-state index in [9.17, 15) is 8.78 Å². The molecule has 0 amide bonds. The van der Waals surface area contributed by atoms with Crippen LogP contribution in [0.15, 0.2) is 41.4 Å². The maximum Gasteiger partial charge on any atom is 0.190 e.